The molecule has 1 atom stereocenters. The Morgan fingerprint density at radius 1 is 1.10 bits per heavy atom. The van der Waals surface area contributed by atoms with Crippen molar-refractivity contribution in [3.05, 3.63) is 77.9 Å². The first-order chi connectivity index (χ1) is 13.9. The van der Waals surface area contributed by atoms with Crippen LogP contribution in [0.1, 0.15) is 30.1 Å². The lowest BCUT2D eigenvalue weighted by Gasteiger charge is -2.24. The van der Waals surface area contributed by atoms with Crippen LogP contribution in [0.3, 0.4) is 0 Å². The summed E-state index contributed by atoms with van der Waals surface area (Å²) in [7, 11) is -3.83. The fraction of sp³-hybridized carbons (Fsp3) is 0.238. The molecule has 150 valence electrons. The Balaban J connectivity index is 1.63. The maximum absolute atomic E-state index is 14.0. The monoisotopic (exact) mass is 412 g/mol. The molecular weight excluding hydrogens is 391 g/mol. The lowest BCUT2D eigenvalue weighted by Crippen LogP contribution is -2.31. The number of anilines is 2. The van der Waals surface area contributed by atoms with Crippen LogP contribution in [0, 0.1) is 12.7 Å². The Morgan fingerprint density at radius 2 is 1.93 bits per heavy atom. The molecule has 3 aromatic rings. The van der Waals surface area contributed by atoms with Gasteiger partial charge in [0, 0.05) is 12.7 Å². The van der Waals surface area contributed by atoms with E-state index in [9.17, 15) is 12.8 Å². The lowest BCUT2D eigenvalue weighted by atomic mass is 10.1. The van der Waals surface area contributed by atoms with Gasteiger partial charge in [-0.2, -0.15) is 4.31 Å². The Hall–Kier alpha value is -2.84. The Bertz CT molecular complexity index is 1120. The van der Waals surface area contributed by atoms with E-state index in [1.54, 1.807) is 19.2 Å². The van der Waals surface area contributed by atoms with Crippen LogP contribution in [0.2, 0.25) is 0 Å². The summed E-state index contributed by atoms with van der Waals surface area (Å²) in [5, 5.41) is 3.13. The topological polar surface area (TPSA) is 75.2 Å². The number of aromatic nitrogens is 2. The van der Waals surface area contributed by atoms with Gasteiger partial charge in [0.2, 0.25) is 10.0 Å². The largest absolute Gasteiger partial charge is 0.325 e. The van der Waals surface area contributed by atoms with Crippen molar-refractivity contribution in [3.63, 3.8) is 0 Å². The molecule has 2 aromatic heterocycles. The fourth-order valence-electron chi connectivity index (χ4n) is 3.47. The van der Waals surface area contributed by atoms with Crippen molar-refractivity contribution in [3.8, 4) is 0 Å². The summed E-state index contributed by atoms with van der Waals surface area (Å²) in [5.41, 5.74) is 1.07. The molecule has 1 aliphatic heterocycles. The number of pyridine rings is 2. The van der Waals surface area contributed by atoms with Crippen LogP contribution < -0.4 is 5.32 Å². The second-order valence-electron chi connectivity index (χ2n) is 6.97. The highest BCUT2D eigenvalue weighted by atomic mass is 32.2. The summed E-state index contributed by atoms with van der Waals surface area (Å²) in [5.74, 6) is 0.719. The molecular formula is C21H21FN4O2S. The highest BCUT2D eigenvalue weighted by molar-refractivity contribution is 7.89. The van der Waals surface area contributed by atoms with Gasteiger partial charge in [-0.3, -0.25) is 0 Å². The van der Waals surface area contributed by atoms with E-state index in [0.717, 1.165) is 12.5 Å². The number of hydrogen-bond acceptors (Lipinski definition) is 5. The van der Waals surface area contributed by atoms with Gasteiger partial charge in [0.15, 0.2) is 0 Å². The fourth-order valence-corrected chi connectivity index (χ4v) is 5.15. The minimum atomic E-state index is -3.83. The van der Waals surface area contributed by atoms with Gasteiger partial charge in [0.05, 0.1) is 16.6 Å². The van der Waals surface area contributed by atoms with Crippen LogP contribution in [-0.2, 0) is 10.0 Å². The molecule has 0 spiro atoms. The molecule has 1 N–H and O–H groups in total. The van der Waals surface area contributed by atoms with Crippen molar-refractivity contribution in [2.24, 2.45) is 0 Å². The summed E-state index contributed by atoms with van der Waals surface area (Å²) in [6.07, 6.45) is 3.06. The smallest absolute Gasteiger partial charge is 0.243 e. The van der Waals surface area contributed by atoms with Crippen LogP contribution in [0.5, 0.6) is 0 Å². The van der Waals surface area contributed by atoms with Gasteiger partial charge in [-0.1, -0.05) is 18.2 Å². The zero-order valence-corrected chi connectivity index (χ0v) is 16.7. The molecule has 4 rings (SSSR count). The van der Waals surface area contributed by atoms with E-state index in [-0.39, 0.29) is 4.90 Å². The quantitative estimate of drug-likeness (QED) is 0.680. The lowest BCUT2D eigenvalue weighted by molar-refractivity contribution is 0.390. The molecule has 1 saturated heterocycles. The highest BCUT2D eigenvalue weighted by Gasteiger charge is 2.37. The third kappa shape index (κ3) is 3.99. The van der Waals surface area contributed by atoms with Gasteiger partial charge in [0.25, 0.3) is 0 Å². The van der Waals surface area contributed by atoms with Gasteiger partial charge in [-0.25, -0.2) is 22.8 Å². The molecule has 0 radical (unpaired) electrons. The highest BCUT2D eigenvalue weighted by Crippen LogP contribution is 2.36. The van der Waals surface area contributed by atoms with Crippen LogP contribution in [0.4, 0.5) is 16.0 Å². The first kappa shape index (κ1) is 19.5. The van der Waals surface area contributed by atoms with Gasteiger partial charge in [-0.05, 0) is 61.7 Å². The molecule has 1 aliphatic rings. The summed E-state index contributed by atoms with van der Waals surface area (Å²) in [6.45, 7) is 1.98. The average Bonchev–Trinajstić information content (AvgIpc) is 3.22. The van der Waals surface area contributed by atoms with Crippen LogP contribution >= 0.6 is 0 Å². The molecule has 6 nitrogen and oxygen atoms in total. The maximum Gasteiger partial charge on any atom is 0.243 e. The Morgan fingerprint density at radius 3 is 2.69 bits per heavy atom. The third-order valence-corrected chi connectivity index (χ3v) is 6.89. The number of rotatable bonds is 5. The van der Waals surface area contributed by atoms with E-state index in [1.807, 2.05) is 30.3 Å². The molecule has 0 saturated carbocycles. The third-order valence-electron chi connectivity index (χ3n) is 4.99. The number of hydrogen-bond donors (Lipinski definition) is 1. The van der Waals surface area contributed by atoms with E-state index in [4.69, 9.17) is 0 Å². The predicted molar refractivity (Wildman–Crippen MR) is 109 cm³/mol. The van der Waals surface area contributed by atoms with E-state index >= 15 is 0 Å². The minimum Gasteiger partial charge on any atom is -0.325 e. The molecule has 29 heavy (non-hydrogen) atoms. The number of halogens is 1. The molecule has 0 amide bonds. The average molecular weight is 412 g/mol. The number of nitrogens with one attached hydrogen (secondary N) is 1. The number of sulfonamides is 1. The van der Waals surface area contributed by atoms with E-state index < -0.39 is 21.9 Å². The molecule has 1 aromatic carbocycles. The molecule has 8 heteroatoms. The summed E-state index contributed by atoms with van der Waals surface area (Å²) in [4.78, 5) is 8.79. The number of aryl methyl sites for hydroxylation is 1. The standard InChI is InChI=1S/C21H21FN4O2S/c1-15-10-11-16(14-17(15)22)29(27,28)26-13-5-7-19(26)18-6-4-9-21(24-18)25-20-8-2-3-12-23-20/h2-4,6,8-12,14,19H,5,7,13H2,1H3,(H,23,24,25)/t19-/m0/s1. The number of benzene rings is 1. The summed E-state index contributed by atoms with van der Waals surface area (Å²) >= 11 is 0. The molecule has 0 unspecified atom stereocenters. The van der Waals surface area contributed by atoms with Gasteiger partial charge < -0.3 is 5.32 Å². The van der Waals surface area contributed by atoms with Crippen molar-refractivity contribution < 1.29 is 12.8 Å². The Labute approximate surface area is 169 Å². The van der Waals surface area contributed by atoms with Crippen molar-refractivity contribution in [1.82, 2.24) is 14.3 Å². The van der Waals surface area contributed by atoms with Crippen molar-refractivity contribution in [2.45, 2.75) is 30.7 Å². The predicted octanol–water partition coefficient (Wildman–Crippen LogP) is 4.19. The van der Waals surface area contributed by atoms with E-state index in [1.165, 1.54) is 16.4 Å². The molecule has 0 bridgehead atoms. The Kier molecular flexibility index (Phi) is 5.29. The van der Waals surface area contributed by atoms with Crippen LogP contribution in [0.25, 0.3) is 0 Å². The van der Waals surface area contributed by atoms with Crippen molar-refractivity contribution >= 4 is 21.7 Å². The molecule has 0 aliphatic carbocycles. The van der Waals surface area contributed by atoms with Crippen molar-refractivity contribution in [2.75, 3.05) is 11.9 Å². The minimum absolute atomic E-state index is 0.0322. The van der Waals surface area contributed by atoms with Gasteiger partial charge in [0.1, 0.15) is 17.5 Å². The maximum atomic E-state index is 14.0. The number of nitrogens with zero attached hydrogens (tertiary/aromatic N) is 3. The second-order valence-corrected chi connectivity index (χ2v) is 8.86. The summed E-state index contributed by atoms with van der Waals surface area (Å²) < 4.78 is 41.7. The zero-order chi connectivity index (χ0) is 20.4. The van der Waals surface area contributed by atoms with E-state index in [0.29, 0.717) is 35.9 Å². The second kappa shape index (κ2) is 7.88. The SMILES string of the molecule is Cc1ccc(S(=O)(=O)N2CCC[C@H]2c2cccc(Nc3ccccn3)n2)cc1F. The first-order valence-corrected chi connectivity index (χ1v) is 10.8. The van der Waals surface area contributed by atoms with Crippen LogP contribution in [0.15, 0.2) is 65.7 Å². The first-order valence-electron chi connectivity index (χ1n) is 9.38. The van der Waals surface area contributed by atoms with Crippen molar-refractivity contribution in [1.29, 1.82) is 0 Å². The molecule has 3 heterocycles. The van der Waals surface area contributed by atoms with Gasteiger partial charge >= 0.3 is 0 Å². The summed E-state index contributed by atoms with van der Waals surface area (Å²) in [6, 6.07) is 14.6. The normalized spacial score (nSPS) is 17.4. The van der Waals surface area contributed by atoms with E-state index in [2.05, 4.69) is 15.3 Å². The van der Waals surface area contributed by atoms with Crippen LogP contribution in [-0.4, -0.2) is 29.2 Å². The zero-order valence-electron chi connectivity index (χ0n) is 15.9. The van der Waals surface area contributed by atoms with Gasteiger partial charge in [-0.15, -0.1) is 0 Å². The molecule has 1 fully saturated rings.